The number of nitrogens with zero attached hydrogens (tertiary/aromatic N) is 1. The summed E-state index contributed by atoms with van der Waals surface area (Å²) in [5.41, 5.74) is 8.14. The molecule has 0 radical (unpaired) electrons. The molecule has 23 heavy (non-hydrogen) atoms. The molecule has 7 heteroatoms. The second kappa shape index (κ2) is 10.4. The maximum absolute atomic E-state index is 11.6. The molecule has 1 saturated heterocycles. The predicted octanol–water partition coefficient (Wildman–Crippen LogP) is 1.03. The van der Waals surface area contributed by atoms with E-state index in [0.717, 1.165) is 31.9 Å². The Hall–Kier alpha value is -2.28. The first-order valence-electron chi connectivity index (χ1n) is 7.71. The van der Waals surface area contributed by atoms with E-state index in [9.17, 15) is 9.59 Å². The normalized spacial score (nSPS) is 13.6. The zero-order valence-corrected chi connectivity index (χ0v) is 13.7. The number of nitrogens with two attached hydrogens (primary N) is 1. The highest BCUT2D eigenvalue weighted by Crippen LogP contribution is 2.25. The van der Waals surface area contributed by atoms with Crippen LogP contribution < -0.4 is 16.0 Å². The van der Waals surface area contributed by atoms with E-state index in [-0.39, 0.29) is 5.97 Å². The second-order valence-corrected chi connectivity index (χ2v) is 4.78. The van der Waals surface area contributed by atoms with Gasteiger partial charge in [0.05, 0.1) is 30.2 Å². The average molecular weight is 323 g/mol. The van der Waals surface area contributed by atoms with Gasteiger partial charge in [-0.2, -0.15) is 0 Å². The maximum Gasteiger partial charge on any atom is 0.338 e. The van der Waals surface area contributed by atoms with Gasteiger partial charge in [0.25, 0.3) is 6.47 Å². The van der Waals surface area contributed by atoms with Gasteiger partial charge in [-0.3, -0.25) is 4.79 Å². The fraction of sp³-hybridized carbons (Fsp3) is 0.500. The summed E-state index contributed by atoms with van der Waals surface area (Å²) in [6.07, 6.45) is 0. The van der Waals surface area contributed by atoms with Crippen LogP contribution in [0.1, 0.15) is 24.2 Å². The van der Waals surface area contributed by atoms with Crippen molar-refractivity contribution in [3.05, 3.63) is 23.8 Å². The van der Waals surface area contributed by atoms with Crippen LogP contribution in [0.4, 0.5) is 11.4 Å². The highest BCUT2D eigenvalue weighted by atomic mass is 16.5. The minimum absolute atomic E-state index is 0.323. The van der Waals surface area contributed by atoms with E-state index in [2.05, 4.69) is 15.0 Å². The molecule has 0 spiro atoms. The highest BCUT2D eigenvalue weighted by Gasteiger charge is 2.15. The SMILES string of the molecule is CCOC(=O)c1ccc(N2CCNCC2)c(N)c1.CCOC=O. The molecule has 0 saturated carbocycles. The van der Waals surface area contributed by atoms with E-state index < -0.39 is 0 Å². The van der Waals surface area contributed by atoms with Crippen molar-refractivity contribution < 1.29 is 19.1 Å². The van der Waals surface area contributed by atoms with Crippen molar-refractivity contribution in [2.24, 2.45) is 0 Å². The molecule has 0 aromatic heterocycles. The molecule has 7 nitrogen and oxygen atoms in total. The first-order chi connectivity index (χ1) is 11.1. The Balaban J connectivity index is 0.000000463. The fourth-order valence-electron chi connectivity index (χ4n) is 2.16. The van der Waals surface area contributed by atoms with E-state index >= 15 is 0 Å². The predicted molar refractivity (Wildman–Crippen MR) is 89.6 cm³/mol. The number of carbonyl (C=O) groups excluding carboxylic acids is 2. The lowest BCUT2D eigenvalue weighted by Crippen LogP contribution is -2.43. The number of piperazine rings is 1. The Kier molecular flexibility index (Phi) is 8.52. The summed E-state index contributed by atoms with van der Waals surface area (Å²) in [6.45, 7) is 8.61. The van der Waals surface area contributed by atoms with Crippen LogP contribution in [0.15, 0.2) is 18.2 Å². The average Bonchev–Trinajstić information content (AvgIpc) is 2.57. The number of hydrogen-bond donors (Lipinski definition) is 2. The molecule has 1 heterocycles. The Morgan fingerprint density at radius 3 is 2.48 bits per heavy atom. The van der Waals surface area contributed by atoms with Gasteiger partial charge in [-0.15, -0.1) is 0 Å². The second-order valence-electron chi connectivity index (χ2n) is 4.78. The van der Waals surface area contributed by atoms with Crippen molar-refractivity contribution in [3.8, 4) is 0 Å². The lowest BCUT2D eigenvalue weighted by molar-refractivity contribution is -0.128. The van der Waals surface area contributed by atoms with Crippen molar-refractivity contribution in [2.45, 2.75) is 13.8 Å². The number of anilines is 2. The Labute approximate surface area is 136 Å². The summed E-state index contributed by atoms with van der Waals surface area (Å²) in [5.74, 6) is -0.323. The number of ether oxygens (including phenoxy) is 2. The number of benzene rings is 1. The molecular formula is C16H25N3O4. The first-order valence-corrected chi connectivity index (χ1v) is 7.71. The lowest BCUT2D eigenvalue weighted by atomic mass is 10.1. The monoisotopic (exact) mass is 323 g/mol. The third kappa shape index (κ3) is 6.15. The van der Waals surface area contributed by atoms with E-state index in [1.54, 1.807) is 26.0 Å². The topological polar surface area (TPSA) is 93.9 Å². The minimum Gasteiger partial charge on any atom is -0.468 e. The van der Waals surface area contributed by atoms with Gasteiger partial charge < -0.3 is 25.4 Å². The zero-order valence-electron chi connectivity index (χ0n) is 13.7. The van der Waals surface area contributed by atoms with Crippen LogP contribution in [-0.2, 0) is 14.3 Å². The van der Waals surface area contributed by atoms with Crippen molar-refractivity contribution in [1.82, 2.24) is 5.32 Å². The number of carbonyl (C=O) groups is 2. The fourth-order valence-corrected chi connectivity index (χ4v) is 2.16. The molecule has 0 bridgehead atoms. The summed E-state index contributed by atoms with van der Waals surface area (Å²) in [4.78, 5) is 23.0. The van der Waals surface area contributed by atoms with Crippen LogP contribution in [-0.4, -0.2) is 51.8 Å². The molecule has 1 aromatic carbocycles. The smallest absolute Gasteiger partial charge is 0.338 e. The molecule has 1 aromatic rings. The van der Waals surface area contributed by atoms with Crippen LogP contribution >= 0.6 is 0 Å². The van der Waals surface area contributed by atoms with Crippen LogP contribution in [0, 0.1) is 0 Å². The Morgan fingerprint density at radius 1 is 1.30 bits per heavy atom. The summed E-state index contributed by atoms with van der Waals surface area (Å²) >= 11 is 0. The summed E-state index contributed by atoms with van der Waals surface area (Å²) in [5, 5.41) is 3.29. The molecular weight excluding hydrogens is 298 g/mol. The van der Waals surface area contributed by atoms with Crippen LogP contribution in [0.3, 0.4) is 0 Å². The zero-order chi connectivity index (χ0) is 17.1. The largest absolute Gasteiger partial charge is 0.468 e. The quantitative estimate of drug-likeness (QED) is 0.475. The van der Waals surface area contributed by atoms with Crippen molar-refractivity contribution in [3.63, 3.8) is 0 Å². The highest BCUT2D eigenvalue weighted by molar-refractivity contribution is 5.92. The third-order valence-electron chi connectivity index (χ3n) is 3.23. The number of nitrogen functional groups attached to an aromatic ring is 1. The Morgan fingerprint density at radius 2 is 2.00 bits per heavy atom. The van der Waals surface area contributed by atoms with E-state index in [1.165, 1.54) is 0 Å². The van der Waals surface area contributed by atoms with Gasteiger partial charge in [0, 0.05) is 26.2 Å². The molecule has 1 aliphatic rings. The standard InChI is InChI=1S/C13H19N3O2.C3H6O2/c1-2-18-13(17)10-3-4-12(11(14)9-10)16-7-5-15-6-8-16;1-2-5-3-4/h3-4,9,15H,2,5-8,14H2,1H3;3H,2H2,1H3. The van der Waals surface area contributed by atoms with E-state index in [4.69, 9.17) is 10.5 Å². The number of nitrogens with one attached hydrogen (secondary N) is 1. The number of rotatable bonds is 5. The van der Waals surface area contributed by atoms with Gasteiger partial charge in [-0.05, 0) is 32.0 Å². The maximum atomic E-state index is 11.6. The molecule has 1 fully saturated rings. The summed E-state index contributed by atoms with van der Waals surface area (Å²) < 4.78 is 9.10. The number of esters is 1. The minimum atomic E-state index is -0.323. The number of hydrogen-bond acceptors (Lipinski definition) is 7. The van der Waals surface area contributed by atoms with Gasteiger partial charge in [0.2, 0.25) is 0 Å². The van der Waals surface area contributed by atoms with Crippen molar-refractivity contribution in [2.75, 3.05) is 50.0 Å². The summed E-state index contributed by atoms with van der Waals surface area (Å²) in [7, 11) is 0. The van der Waals surface area contributed by atoms with E-state index in [1.807, 2.05) is 6.07 Å². The third-order valence-corrected chi connectivity index (χ3v) is 3.23. The lowest BCUT2D eigenvalue weighted by Gasteiger charge is -2.30. The molecule has 0 aliphatic carbocycles. The van der Waals surface area contributed by atoms with Gasteiger partial charge >= 0.3 is 5.97 Å². The van der Waals surface area contributed by atoms with Gasteiger partial charge in [0.15, 0.2) is 0 Å². The van der Waals surface area contributed by atoms with Crippen LogP contribution in [0.25, 0.3) is 0 Å². The molecule has 1 aliphatic heterocycles. The Bertz CT molecular complexity index is 502. The molecule has 0 amide bonds. The van der Waals surface area contributed by atoms with Gasteiger partial charge in [0.1, 0.15) is 0 Å². The molecule has 2 rings (SSSR count). The van der Waals surface area contributed by atoms with Crippen molar-refractivity contribution >= 4 is 23.8 Å². The molecule has 128 valence electrons. The van der Waals surface area contributed by atoms with Crippen LogP contribution in [0.5, 0.6) is 0 Å². The summed E-state index contributed by atoms with van der Waals surface area (Å²) in [6, 6.07) is 5.36. The van der Waals surface area contributed by atoms with E-state index in [0.29, 0.717) is 30.9 Å². The first kappa shape index (κ1) is 18.8. The van der Waals surface area contributed by atoms with Crippen molar-refractivity contribution in [1.29, 1.82) is 0 Å². The molecule has 0 atom stereocenters. The van der Waals surface area contributed by atoms with Crippen LogP contribution in [0.2, 0.25) is 0 Å². The van der Waals surface area contributed by atoms with Gasteiger partial charge in [-0.25, -0.2) is 4.79 Å². The molecule has 3 N–H and O–H groups in total. The molecule has 0 unspecified atom stereocenters. The van der Waals surface area contributed by atoms with Gasteiger partial charge in [-0.1, -0.05) is 0 Å².